The molecule has 0 unspecified atom stereocenters. The molecule has 0 spiro atoms. The number of carbonyl (C=O) groups is 1. The van der Waals surface area contributed by atoms with Gasteiger partial charge in [0.1, 0.15) is 42.7 Å². The van der Waals surface area contributed by atoms with Crippen molar-refractivity contribution in [2.75, 3.05) is 42.2 Å². The maximum Gasteiger partial charge on any atom is 0.187 e. The minimum Gasteiger partial charge on any atom is -0.387 e. The van der Waals surface area contributed by atoms with E-state index in [1.165, 1.54) is 41.6 Å². The van der Waals surface area contributed by atoms with Gasteiger partial charge in [0.2, 0.25) is 0 Å². The van der Waals surface area contributed by atoms with E-state index in [0.717, 1.165) is 0 Å². The Kier molecular flexibility index (Phi) is 10.4. The number of rotatable bonds is 12. The third-order valence-corrected chi connectivity index (χ3v) is 4.34. The van der Waals surface area contributed by atoms with Gasteiger partial charge in [0.25, 0.3) is 0 Å². The first-order chi connectivity index (χ1) is 12.5. The van der Waals surface area contributed by atoms with E-state index in [1.807, 2.05) is 0 Å². The molecule has 1 saturated heterocycles. The summed E-state index contributed by atoms with van der Waals surface area (Å²) >= 11 is 0. The molecular formula is C17H30O9. The van der Waals surface area contributed by atoms with E-state index in [0.29, 0.717) is 6.29 Å². The number of methoxy groups -OCH3 is 5. The zero-order valence-electron chi connectivity index (χ0n) is 15.9. The van der Waals surface area contributed by atoms with E-state index in [-0.39, 0.29) is 6.61 Å². The Hall–Kier alpha value is -0.910. The highest BCUT2D eigenvalue weighted by Gasteiger charge is 2.48. The second-order valence-electron chi connectivity index (χ2n) is 5.76. The van der Waals surface area contributed by atoms with Crippen LogP contribution in [0.3, 0.4) is 0 Å². The average Bonchev–Trinajstić information content (AvgIpc) is 2.66. The Labute approximate surface area is 154 Å². The Bertz CT molecular complexity index is 419. The molecule has 0 bridgehead atoms. The fourth-order valence-corrected chi connectivity index (χ4v) is 2.97. The lowest BCUT2D eigenvalue weighted by atomic mass is 9.98. The largest absolute Gasteiger partial charge is 0.387 e. The summed E-state index contributed by atoms with van der Waals surface area (Å²) in [6.45, 7) is 3.87. The van der Waals surface area contributed by atoms with Gasteiger partial charge in [0.15, 0.2) is 12.6 Å². The van der Waals surface area contributed by atoms with Crippen LogP contribution in [-0.4, -0.2) is 103 Å². The van der Waals surface area contributed by atoms with Crippen LogP contribution in [0.5, 0.6) is 0 Å². The lowest BCUT2D eigenvalue weighted by molar-refractivity contribution is -0.322. The van der Waals surface area contributed by atoms with E-state index in [2.05, 4.69) is 6.58 Å². The minimum atomic E-state index is -0.966. The summed E-state index contributed by atoms with van der Waals surface area (Å²) in [5.74, 6) is 0. The number of aldehydes is 1. The summed E-state index contributed by atoms with van der Waals surface area (Å²) in [6, 6.07) is 0. The molecule has 1 rings (SSSR count). The summed E-state index contributed by atoms with van der Waals surface area (Å²) < 4.78 is 38.1. The molecule has 0 amide bonds. The first kappa shape index (κ1) is 23.1. The van der Waals surface area contributed by atoms with Gasteiger partial charge >= 0.3 is 0 Å². The summed E-state index contributed by atoms with van der Waals surface area (Å²) in [5, 5.41) is 10.4. The summed E-state index contributed by atoms with van der Waals surface area (Å²) in [4.78, 5) is 11.2. The summed E-state index contributed by atoms with van der Waals surface area (Å²) in [5.41, 5.74) is 0. The number of hydrogen-bond acceptors (Lipinski definition) is 9. The summed E-state index contributed by atoms with van der Waals surface area (Å²) in [7, 11) is 7.25. The van der Waals surface area contributed by atoms with Gasteiger partial charge in [-0.15, -0.1) is 6.58 Å². The quantitative estimate of drug-likeness (QED) is 0.357. The van der Waals surface area contributed by atoms with Crippen LogP contribution >= 0.6 is 0 Å². The Morgan fingerprint density at radius 1 is 1.08 bits per heavy atom. The van der Waals surface area contributed by atoms with Crippen LogP contribution in [0.15, 0.2) is 12.7 Å². The van der Waals surface area contributed by atoms with Crippen LogP contribution in [0.1, 0.15) is 0 Å². The lowest BCUT2D eigenvalue weighted by Crippen LogP contribution is -2.61. The molecule has 8 atom stereocenters. The molecule has 1 N–H and O–H groups in total. The number of aliphatic hydroxyl groups excluding tert-OH is 1. The predicted molar refractivity (Wildman–Crippen MR) is 90.9 cm³/mol. The molecule has 1 fully saturated rings. The highest BCUT2D eigenvalue weighted by molar-refractivity contribution is 5.57. The Morgan fingerprint density at radius 3 is 2.15 bits per heavy atom. The van der Waals surface area contributed by atoms with Gasteiger partial charge in [-0.25, -0.2) is 0 Å². The van der Waals surface area contributed by atoms with E-state index in [1.54, 1.807) is 0 Å². The van der Waals surface area contributed by atoms with Crippen LogP contribution in [-0.2, 0) is 38.0 Å². The molecule has 9 nitrogen and oxygen atoms in total. The molecule has 1 heterocycles. The standard InChI is InChI=1S/C17H30O9/c1-7-10(14(22-4)11(8-18)21-3)25-17-16(24-6)15(23-5)13(19)12(26-17)9-20-2/h7-8,10-17,19H,1,9H2,2-6H3/t10-,11+,12-,13-,14+,15+,16-,17+/m1/s1. The number of aliphatic hydroxyl groups is 1. The molecule has 1 aliphatic rings. The number of ether oxygens (including phenoxy) is 7. The van der Waals surface area contributed by atoms with Gasteiger partial charge in [-0.1, -0.05) is 6.08 Å². The van der Waals surface area contributed by atoms with E-state index in [9.17, 15) is 9.90 Å². The maximum atomic E-state index is 11.2. The SMILES string of the molecule is C=C[C@@H](O[C@H]1O[C@H](COC)[C@@H](O)[C@H](OC)[C@H]1OC)[C@H](OC)[C@H](C=O)OC. The minimum absolute atomic E-state index is 0.138. The monoisotopic (exact) mass is 378 g/mol. The van der Waals surface area contributed by atoms with Crippen molar-refractivity contribution in [3.05, 3.63) is 12.7 Å². The zero-order valence-corrected chi connectivity index (χ0v) is 15.9. The fourth-order valence-electron chi connectivity index (χ4n) is 2.97. The highest BCUT2D eigenvalue weighted by atomic mass is 16.7. The van der Waals surface area contributed by atoms with Crippen molar-refractivity contribution in [3.63, 3.8) is 0 Å². The molecule has 0 radical (unpaired) electrons. The van der Waals surface area contributed by atoms with Crippen molar-refractivity contribution < 1.29 is 43.1 Å². The van der Waals surface area contributed by atoms with Crippen molar-refractivity contribution >= 4 is 6.29 Å². The van der Waals surface area contributed by atoms with Crippen LogP contribution in [0, 0.1) is 0 Å². The average molecular weight is 378 g/mol. The molecule has 26 heavy (non-hydrogen) atoms. The van der Waals surface area contributed by atoms with Gasteiger partial charge in [-0.3, -0.25) is 0 Å². The van der Waals surface area contributed by atoms with Crippen molar-refractivity contribution in [2.45, 2.75) is 49.0 Å². The van der Waals surface area contributed by atoms with Crippen LogP contribution in [0.2, 0.25) is 0 Å². The Balaban J connectivity index is 3.03. The normalized spacial score (nSPS) is 32.6. The first-order valence-electron chi connectivity index (χ1n) is 8.19. The molecule has 0 aromatic carbocycles. The van der Waals surface area contributed by atoms with E-state index >= 15 is 0 Å². The third kappa shape index (κ3) is 5.30. The van der Waals surface area contributed by atoms with Gasteiger partial charge in [-0.2, -0.15) is 0 Å². The Morgan fingerprint density at radius 2 is 1.73 bits per heavy atom. The van der Waals surface area contributed by atoms with Crippen LogP contribution in [0.25, 0.3) is 0 Å². The molecule has 0 aromatic rings. The second kappa shape index (κ2) is 11.7. The highest BCUT2D eigenvalue weighted by Crippen LogP contribution is 2.28. The molecule has 152 valence electrons. The van der Waals surface area contributed by atoms with E-state index in [4.69, 9.17) is 33.2 Å². The molecule has 0 aliphatic carbocycles. The topological polar surface area (TPSA) is 102 Å². The fraction of sp³-hybridized carbons (Fsp3) is 0.824. The zero-order chi connectivity index (χ0) is 19.7. The number of carbonyl (C=O) groups excluding carboxylic acids is 1. The van der Waals surface area contributed by atoms with Gasteiger partial charge in [0, 0.05) is 35.5 Å². The maximum absolute atomic E-state index is 11.2. The van der Waals surface area contributed by atoms with Crippen molar-refractivity contribution in [3.8, 4) is 0 Å². The molecule has 0 saturated carbocycles. The van der Waals surface area contributed by atoms with Crippen LogP contribution < -0.4 is 0 Å². The summed E-state index contributed by atoms with van der Waals surface area (Å²) in [6.07, 6.45) is -4.22. The molecule has 0 aromatic heterocycles. The molecule has 1 aliphatic heterocycles. The van der Waals surface area contributed by atoms with Crippen molar-refractivity contribution in [1.82, 2.24) is 0 Å². The number of hydrogen-bond donors (Lipinski definition) is 1. The van der Waals surface area contributed by atoms with Gasteiger partial charge < -0.3 is 43.1 Å². The third-order valence-electron chi connectivity index (χ3n) is 4.34. The lowest BCUT2D eigenvalue weighted by Gasteiger charge is -2.44. The second-order valence-corrected chi connectivity index (χ2v) is 5.76. The van der Waals surface area contributed by atoms with Gasteiger partial charge in [0.05, 0.1) is 6.61 Å². The smallest absolute Gasteiger partial charge is 0.187 e. The van der Waals surface area contributed by atoms with Gasteiger partial charge in [-0.05, 0) is 0 Å². The predicted octanol–water partition coefficient (Wildman–Crippen LogP) is -0.451. The van der Waals surface area contributed by atoms with Crippen molar-refractivity contribution in [1.29, 1.82) is 0 Å². The first-order valence-corrected chi connectivity index (χ1v) is 8.19. The van der Waals surface area contributed by atoms with Crippen LogP contribution in [0.4, 0.5) is 0 Å². The van der Waals surface area contributed by atoms with E-state index < -0.39 is 49.0 Å². The van der Waals surface area contributed by atoms with Crippen molar-refractivity contribution in [2.24, 2.45) is 0 Å². The molecular weight excluding hydrogens is 348 g/mol. The molecule has 9 heteroatoms.